The van der Waals surface area contributed by atoms with Crippen LogP contribution in [-0.2, 0) is 19.1 Å². The largest absolute Gasteiger partial charge is 0.463 e. The second-order valence-corrected chi connectivity index (χ2v) is 8.04. The monoisotopic (exact) mass is 370 g/mol. The highest BCUT2D eigenvalue weighted by atomic mass is 16.7. The van der Waals surface area contributed by atoms with E-state index >= 15 is 0 Å². The van der Waals surface area contributed by atoms with Gasteiger partial charge in [0.25, 0.3) is 0 Å². The summed E-state index contributed by atoms with van der Waals surface area (Å²) in [5, 5.41) is 7.02. The van der Waals surface area contributed by atoms with Crippen molar-refractivity contribution in [3.05, 3.63) is 0 Å². The summed E-state index contributed by atoms with van der Waals surface area (Å²) in [6, 6.07) is -0.372. The molecule has 0 bridgehead atoms. The predicted molar refractivity (Wildman–Crippen MR) is 100 cm³/mol. The second-order valence-electron chi connectivity index (χ2n) is 8.04. The minimum Gasteiger partial charge on any atom is -0.463 e. The Morgan fingerprint density at radius 1 is 1.31 bits per heavy atom. The van der Waals surface area contributed by atoms with E-state index in [1.165, 1.54) is 0 Å². The van der Waals surface area contributed by atoms with Crippen molar-refractivity contribution in [3.8, 4) is 0 Å². The Kier molecular flexibility index (Phi) is 7.90. The number of unbranched alkanes of at least 4 members (excludes halogenated alkanes) is 1. The van der Waals surface area contributed by atoms with Crippen molar-refractivity contribution in [2.45, 2.75) is 91.4 Å². The number of carbonyl (C=O) groups excluding carboxylic acids is 2. The van der Waals surface area contributed by atoms with Crippen molar-refractivity contribution in [3.63, 3.8) is 0 Å². The summed E-state index contributed by atoms with van der Waals surface area (Å²) < 4.78 is 10.6. The fraction of sp³-hybridized carbons (Fsp3) is 0.842. The maximum absolute atomic E-state index is 12.5. The average molecular weight is 370 g/mol. The molecule has 7 nitrogen and oxygen atoms in total. The minimum absolute atomic E-state index is 0.0639. The van der Waals surface area contributed by atoms with E-state index in [1.807, 2.05) is 34.6 Å². The highest BCUT2D eigenvalue weighted by Crippen LogP contribution is 2.33. The predicted octanol–water partition coefficient (Wildman–Crippen LogP) is 3.80. The van der Waals surface area contributed by atoms with Crippen LogP contribution in [0.4, 0.5) is 4.79 Å². The van der Waals surface area contributed by atoms with E-state index in [0.717, 1.165) is 12.8 Å². The number of oxime groups is 1. The van der Waals surface area contributed by atoms with E-state index in [-0.39, 0.29) is 18.6 Å². The maximum atomic E-state index is 12.5. The summed E-state index contributed by atoms with van der Waals surface area (Å²) >= 11 is 0. The zero-order valence-corrected chi connectivity index (χ0v) is 17.2. The molecule has 1 N–H and O–H groups in total. The minimum atomic E-state index is -1.09. The fourth-order valence-electron chi connectivity index (χ4n) is 2.81. The van der Waals surface area contributed by atoms with Crippen molar-refractivity contribution >= 4 is 17.8 Å². The Labute approximate surface area is 156 Å². The van der Waals surface area contributed by atoms with Crippen molar-refractivity contribution in [2.75, 3.05) is 6.61 Å². The van der Waals surface area contributed by atoms with Gasteiger partial charge in [-0.25, -0.2) is 9.59 Å². The maximum Gasteiger partial charge on any atom is 0.408 e. The van der Waals surface area contributed by atoms with Crippen LogP contribution in [0.2, 0.25) is 0 Å². The summed E-state index contributed by atoms with van der Waals surface area (Å²) in [4.78, 5) is 30.3. The number of nitrogens with zero attached hydrogens (tertiary/aromatic N) is 1. The third kappa shape index (κ3) is 6.18. The fourth-order valence-corrected chi connectivity index (χ4v) is 2.81. The van der Waals surface area contributed by atoms with Gasteiger partial charge in [0.15, 0.2) is 0 Å². The summed E-state index contributed by atoms with van der Waals surface area (Å²) in [5.41, 5.74) is -1.05. The van der Waals surface area contributed by atoms with Crippen LogP contribution < -0.4 is 5.32 Å². The molecule has 26 heavy (non-hydrogen) atoms. The highest BCUT2D eigenvalue weighted by molar-refractivity contribution is 5.98. The van der Waals surface area contributed by atoms with Gasteiger partial charge in [0.2, 0.25) is 5.60 Å². The Bertz CT molecular complexity index is 525. The van der Waals surface area contributed by atoms with Crippen LogP contribution in [0.25, 0.3) is 0 Å². The van der Waals surface area contributed by atoms with Crippen LogP contribution in [0.1, 0.15) is 74.1 Å². The molecular formula is C19H34N2O5. The zero-order valence-electron chi connectivity index (χ0n) is 17.2. The second kappa shape index (κ2) is 9.24. The molecule has 0 saturated carbocycles. The number of amides is 1. The summed E-state index contributed by atoms with van der Waals surface area (Å²) in [6.45, 7) is 13.5. The van der Waals surface area contributed by atoms with Gasteiger partial charge in [-0.3, -0.25) is 0 Å². The van der Waals surface area contributed by atoms with Gasteiger partial charge < -0.3 is 19.6 Å². The van der Waals surface area contributed by atoms with Crippen LogP contribution in [0, 0.1) is 5.92 Å². The van der Waals surface area contributed by atoms with Crippen molar-refractivity contribution in [1.82, 2.24) is 5.32 Å². The number of rotatable bonds is 8. The first-order chi connectivity index (χ1) is 12.0. The third-order valence-electron chi connectivity index (χ3n) is 4.08. The Hall–Kier alpha value is -1.79. The van der Waals surface area contributed by atoms with Crippen LogP contribution in [0.15, 0.2) is 5.16 Å². The van der Waals surface area contributed by atoms with E-state index in [9.17, 15) is 9.59 Å². The van der Waals surface area contributed by atoms with E-state index in [0.29, 0.717) is 18.6 Å². The molecule has 0 aromatic rings. The average Bonchev–Trinajstić information content (AvgIpc) is 2.94. The van der Waals surface area contributed by atoms with Gasteiger partial charge in [0.1, 0.15) is 5.60 Å². The molecule has 0 spiro atoms. The molecule has 0 aliphatic carbocycles. The molecule has 1 heterocycles. The topological polar surface area (TPSA) is 86.2 Å². The van der Waals surface area contributed by atoms with E-state index in [1.54, 1.807) is 6.92 Å². The van der Waals surface area contributed by atoms with Crippen LogP contribution >= 0.6 is 0 Å². The SMILES string of the molecule is CCCCC1(C(=O)OCC)CC([C@@H](NC(=O)OC(C)(C)C)C(C)C)=NO1. The van der Waals surface area contributed by atoms with Gasteiger partial charge >= 0.3 is 12.1 Å². The number of carbonyl (C=O) groups is 2. The summed E-state index contributed by atoms with van der Waals surface area (Å²) in [7, 11) is 0. The first kappa shape index (κ1) is 22.3. The number of ether oxygens (including phenoxy) is 2. The smallest absolute Gasteiger partial charge is 0.408 e. The summed E-state index contributed by atoms with van der Waals surface area (Å²) in [6.07, 6.45) is 2.09. The molecule has 0 aromatic carbocycles. The van der Waals surface area contributed by atoms with E-state index in [2.05, 4.69) is 17.4 Å². The lowest BCUT2D eigenvalue weighted by molar-refractivity contribution is -0.170. The molecule has 1 aliphatic heterocycles. The third-order valence-corrected chi connectivity index (χ3v) is 4.08. The van der Waals surface area contributed by atoms with Crippen LogP contribution in [0.3, 0.4) is 0 Å². The molecule has 1 aliphatic rings. The number of hydrogen-bond donors (Lipinski definition) is 1. The Balaban J connectivity index is 2.90. The normalized spacial score (nSPS) is 21.0. The first-order valence-corrected chi connectivity index (χ1v) is 9.46. The first-order valence-electron chi connectivity index (χ1n) is 9.46. The summed E-state index contributed by atoms with van der Waals surface area (Å²) in [5.74, 6) is -0.332. The molecule has 1 rings (SSSR count). The molecular weight excluding hydrogens is 336 g/mol. The molecule has 0 fully saturated rings. The molecule has 150 valence electrons. The number of hydrogen-bond acceptors (Lipinski definition) is 6. The zero-order chi connectivity index (χ0) is 20.0. The molecule has 7 heteroatoms. The Morgan fingerprint density at radius 3 is 2.46 bits per heavy atom. The van der Waals surface area contributed by atoms with Gasteiger partial charge in [-0.15, -0.1) is 0 Å². The number of esters is 1. The molecule has 2 atom stereocenters. The van der Waals surface area contributed by atoms with Gasteiger partial charge in [0, 0.05) is 12.8 Å². The molecule has 0 radical (unpaired) electrons. The molecule has 1 amide bonds. The van der Waals surface area contributed by atoms with Gasteiger partial charge in [-0.05, 0) is 40.0 Å². The van der Waals surface area contributed by atoms with Crippen molar-refractivity contribution < 1.29 is 23.9 Å². The molecule has 0 saturated heterocycles. The number of alkyl carbamates (subject to hydrolysis) is 1. The Morgan fingerprint density at radius 2 is 1.96 bits per heavy atom. The van der Waals surface area contributed by atoms with Crippen molar-refractivity contribution in [1.29, 1.82) is 0 Å². The lowest BCUT2D eigenvalue weighted by atomic mass is 9.86. The van der Waals surface area contributed by atoms with Gasteiger partial charge in [-0.1, -0.05) is 32.3 Å². The standard InChI is InChI=1S/C19H34N2O5/c1-8-10-11-19(16(22)24-9-2)12-14(21-26-19)15(13(3)4)20-17(23)25-18(5,6)7/h13,15H,8-12H2,1-7H3,(H,20,23)/t15-,19?/m0/s1. The van der Waals surface area contributed by atoms with Crippen LogP contribution in [0.5, 0.6) is 0 Å². The van der Waals surface area contributed by atoms with Crippen LogP contribution in [-0.4, -0.2) is 41.6 Å². The number of nitrogens with one attached hydrogen (secondary N) is 1. The van der Waals surface area contributed by atoms with Crippen molar-refractivity contribution in [2.24, 2.45) is 11.1 Å². The van der Waals surface area contributed by atoms with E-state index in [4.69, 9.17) is 14.3 Å². The quantitative estimate of drug-likeness (QED) is 0.657. The molecule has 0 aromatic heterocycles. The molecule has 1 unspecified atom stereocenters. The lowest BCUT2D eigenvalue weighted by Gasteiger charge is -2.27. The van der Waals surface area contributed by atoms with E-state index < -0.39 is 23.3 Å². The van der Waals surface area contributed by atoms with Gasteiger partial charge in [0.05, 0.1) is 18.4 Å². The van der Waals surface area contributed by atoms with Gasteiger partial charge in [-0.2, -0.15) is 0 Å². The lowest BCUT2D eigenvalue weighted by Crippen LogP contribution is -2.48. The highest BCUT2D eigenvalue weighted by Gasteiger charge is 2.49.